The Kier molecular flexibility index (Phi) is 4.21. The topological polar surface area (TPSA) is 63.1 Å². The molecule has 0 aliphatic carbocycles. The molecule has 1 aromatic carbocycles. The Morgan fingerprint density at radius 1 is 1.42 bits per heavy atom. The fraction of sp³-hybridized carbons (Fsp3) is 0.154. The molecular formula is C13H10BrFN2O2. The van der Waals surface area contributed by atoms with Crippen LogP contribution >= 0.6 is 15.9 Å². The van der Waals surface area contributed by atoms with Crippen LogP contribution in [0.4, 0.5) is 4.39 Å². The number of carboxylic acid groups (broad SMARTS) is 1. The van der Waals surface area contributed by atoms with Crippen molar-refractivity contribution in [2.45, 2.75) is 12.3 Å². The van der Waals surface area contributed by atoms with Crippen molar-refractivity contribution in [2.24, 2.45) is 0 Å². The summed E-state index contributed by atoms with van der Waals surface area (Å²) in [4.78, 5) is 11.0. The number of carbonyl (C=O) groups is 1. The molecule has 1 atom stereocenters. The summed E-state index contributed by atoms with van der Waals surface area (Å²) in [6, 6.07) is 7.71. The van der Waals surface area contributed by atoms with Gasteiger partial charge in [0.2, 0.25) is 0 Å². The van der Waals surface area contributed by atoms with Crippen LogP contribution in [0.25, 0.3) is 0 Å². The Bertz CT molecular complexity index is 592. The molecule has 98 valence electrons. The third kappa shape index (κ3) is 3.35. The molecule has 0 amide bonds. The molecule has 0 spiro atoms. The molecule has 1 unspecified atom stereocenters. The molecule has 6 heteroatoms. The van der Waals surface area contributed by atoms with E-state index in [1.807, 2.05) is 0 Å². The van der Waals surface area contributed by atoms with Crippen LogP contribution in [-0.2, 0) is 4.79 Å². The van der Waals surface area contributed by atoms with Crippen LogP contribution in [0.5, 0.6) is 0 Å². The zero-order valence-electron chi connectivity index (χ0n) is 9.75. The molecule has 19 heavy (non-hydrogen) atoms. The highest BCUT2D eigenvalue weighted by molar-refractivity contribution is 9.10. The number of carboxylic acids is 1. The summed E-state index contributed by atoms with van der Waals surface area (Å²) in [5.74, 6) is -2.14. The first kappa shape index (κ1) is 13.6. The summed E-state index contributed by atoms with van der Waals surface area (Å²) < 4.78 is 14.6. The molecule has 1 aromatic heterocycles. The Hall–Kier alpha value is -1.82. The number of nitrogens with zero attached hydrogens (tertiary/aromatic N) is 2. The zero-order chi connectivity index (χ0) is 13.8. The van der Waals surface area contributed by atoms with Gasteiger partial charge in [-0.05, 0) is 35.9 Å². The van der Waals surface area contributed by atoms with Crippen LogP contribution in [0.2, 0.25) is 0 Å². The minimum absolute atomic E-state index is 0.244. The maximum Gasteiger partial charge on any atom is 0.304 e. The van der Waals surface area contributed by atoms with Crippen LogP contribution in [0.1, 0.15) is 23.6 Å². The molecule has 2 aromatic rings. The van der Waals surface area contributed by atoms with Gasteiger partial charge < -0.3 is 5.11 Å². The molecule has 0 saturated heterocycles. The van der Waals surface area contributed by atoms with Gasteiger partial charge in [0.15, 0.2) is 0 Å². The predicted octanol–water partition coefficient (Wildman–Crippen LogP) is 2.98. The lowest BCUT2D eigenvalue weighted by Crippen LogP contribution is -2.11. The van der Waals surface area contributed by atoms with E-state index in [2.05, 4.69) is 26.1 Å². The number of aliphatic carboxylic acids is 1. The van der Waals surface area contributed by atoms with Crippen LogP contribution in [-0.4, -0.2) is 21.3 Å². The number of hydrogen-bond acceptors (Lipinski definition) is 3. The van der Waals surface area contributed by atoms with Gasteiger partial charge >= 0.3 is 5.97 Å². The second-order valence-corrected chi connectivity index (χ2v) is 4.88. The van der Waals surface area contributed by atoms with E-state index in [9.17, 15) is 9.18 Å². The molecule has 1 N–H and O–H groups in total. The quantitative estimate of drug-likeness (QED) is 0.939. The molecule has 2 rings (SSSR count). The van der Waals surface area contributed by atoms with E-state index in [1.54, 1.807) is 24.3 Å². The third-order valence-corrected chi connectivity index (χ3v) is 3.16. The van der Waals surface area contributed by atoms with Crippen LogP contribution in [0.3, 0.4) is 0 Å². The average Bonchev–Trinajstić information content (AvgIpc) is 2.40. The predicted molar refractivity (Wildman–Crippen MR) is 70.2 cm³/mol. The van der Waals surface area contributed by atoms with Gasteiger partial charge in [0, 0.05) is 16.6 Å². The monoisotopic (exact) mass is 324 g/mol. The first-order valence-electron chi connectivity index (χ1n) is 5.52. The smallest absolute Gasteiger partial charge is 0.304 e. The number of hydrogen-bond donors (Lipinski definition) is 1. The van der Waals surface area contributed by atoms with Gasteiger partial charge in [-0.25, -0.2) is 4.39 Å². The molecule has 0 aliphatic rings. The van der Waals surface area contributed by atoms with Crippen molar-refractivity contribution >= 4 is 21.9 Å². The van der Waals surface area contributed by atoms with E-state index in [4.69, 9.17) is 5.11 Å². The van der Waals surface area contributed by atoms with Crippen molar-refractivity contribution in [3.05, 3.63) is 58.1 Å². The minimum atomic E-state index is -1.02. The Labute approximate surface area is 117 Å². The van der Waals surface area contributed by atoms with Crippen molar-refractivity contribution in [1.29, 1.82) is 0 Å². The van der Waals surface area contributed by atoms with Gasteiger partial charge in [-0.2, -0.15) is 10.2 Å². The third-order valence-electron chi connectivity index (χ3n) is 2.66. The van der Waals surface area contributed by atoms with E-state index >= 15 is 0 Å². The SMILES string of the molecule is O=C(O)CC(c1cccnn1)c1cc(Br)ccc1F. The van der Waals surface area contributed by atoms with E-state index in [-0.39, 0.29) is 12.0 Å². The maximum atomic E-state index is 13.9. The number of benzene rings is 1. The lowest BCUT2D eigenvalue weighted by molar-refractivity contribution is -0.137. The Morgan fingerprint density at radius 2 is 2.21 bits per heavy atom. The lowest BCUT2D eigenvalue weighted by atomic mass is 9.92. The highest BCUT2D eigenvalue weighted by Gasteiger charge is 2.22. The molecule has 0 fully saturated rings. The van der Waals surface area contributed by atoms with E-state index < -0.39 is 17.7 Å². The largest absolute Gasteiger partial charge is 0.481 e. The van der Waals surface area contributed by atoms with Crippen LogP contribution in [0, 0.1) is 5.82 Å². The first-order chi connectivity index (χ1) is 9.08. The van der Waals surface area contributed by atoms with Crippen molar-refractivity contribution in [2.75, 3.05) is 0 Å². The molecule has 0 saturated carbocycles. The zero-order valence-corrected chi connectivity index (χ0v) is 11.3. The highest BCUT2D eigenvalue weighted by Crippen LogP contribution is 2.30. The van der Waals surface area contributed by atoms with E-state index in [0.29, 0.717) is 10.2 Å². The number of halogens is 2. The molecule has 1 heterocycles. The molecular weight excluding hydrogens is 315 g/mol. The van der Waals surface area contributed by atoms with E-state index in [1.165, 1.54) is 12.3 Å². The number of rotatable bonds is 4. The summed E-state index contributed by atoms with van der Waals surface area (Å²) in [5, 5.41) is 16.6. The molecule has 4 nitrogen and oxygen atoms in total. The van der Waals surface area contributed by atoms with Gasteiger partial charge in [0.1, 0.15) is 5.82 Å². The van der Waals surface area contributed by atoms with Gasteiger partial charge in [-0.15, -0.1) is 0 Å². The van der Waals surface area contributed by atoms with Gasteiger partial charge in [-0.3, -0.25) is 4.79 Å². The highest BCUT2D eigenvalue weighted by atomic mass is 79.9. The second-order valence-electron chi connectivity index (χ2n) is 3.96. The van der Waals surface area contributed by atoms with Crippen molar-refractivity contribution in [3.8, 4) is 0 Å². The number of aromatic nitrogens is 2. The molecule has 0 radical (unpaired) electrons. The first-order valence-corrected chi connectivity index (χ1v) is 6.31. The standard InChI is InChI=1S/C13H10BrFN2O2/c14-8-3-4-11(15)9(6-8)10(7-13(18)19)12-2-1-5-16-17-12/h1-6,10H,7H2,(H,18,19). The molecule has 0 aliphatic heterocycles. The average molecular weight is 325 g/mol. The summed E-state index contributed by atoms with van der Waals surface area (Å²) in [6.45, 7) is 0. The molecule has 0 bridgehead atoms. The van der Waals surface area contributed by atoms with Gasteiger partial charge in [-0.1, -0.05) is 15.9 Å². The summed E-state index contributed by atoms with van der Waals surface area (Å²) in [5.41, 5.74) is 0.721. The van der Waals surface area contributed by atoms with Crippen LogP contribution < -0.4 is 0 Å². The fourth-order valence-corrected chi connectivity index (χ4v) is 2.21. The Balaban J connectivity index is 2.48. The van der Waals surface area contributed by atoms with Crippen LogP contribution in [0.15, 0.2) is 41.0 Å². The summed E-state index contributed by atoms with van der Waals surface area (Å²) >= 11 is 3.25. The fourth-order valence-electron chi connectivity index (χ4n) is 1.83. The van der Waals surface area contributed by atoms with Crippen molar-refractivity contribution < 1.29 is 14.3 Å². The van der Waals surface area contributed by atoms with E-state index in [0.717, 1.165) is 0 Å². The second kappa shape index (κ2) is 5.88. The van der Waals surface area contributed by atoms with Crippen molar-refractivity contribution in [3.63, 3.8) is 0 Å². The summed E-state index contributed by atoms with van der Waals surface area (Å²) in [7, 11) is 0. The minimum Gasteiger partial charge on any atom is -0.481 e. The summed E-state index contributed by atoms with van der Waals surface area (Å²) in [6.07, 6.45) is 1.24. The normalized spacial score (nSPS) is 12.1. The van der Waals surface area contributed by atoms with Crippen molar-refractivity contribution in [1.82, 2.24) is 10.2 Å². The lowest BCUT2D eigenvalue weighted by Gasteiger charge is -2.15. The van der Waals surface area contributed by atoms with Gasteiger partial charge in [0.25, 0.3) is 0 Å². The maximum absolute atomic E-state index is 13.9. The Morgan fingerprint density at radius 3 is 2.84 bits per heavy atom. The van der Waals surface area contributed by atoms with Gasteiger partial charge in [0.05, 0.1) is 12.1 Å².